The van der Waals surface area contributed by atoms with Crippen LogP contribution in [0.3, 0.4) is 0 Å². The Morgan fingerprint density at radius 1 is 1.50 bits per heavy atom. The molecule has 1 amide bonds. The number of H-pyrrole nitrogens is 1. The van der Waals surface area contributed by atoms with E-state index in [2.05, 4.69) is 9.97 Å². The molecule has 0 spiro atoms. The summed E-state index contributed by atoms with van der Waals surface area (Å²) in [6.45, 7) is 5.57. The van der Waals surface area contributed by atoms with Crippen molar-refractivity contribution in [3.63, 3.8) is 0 Å². The predicted molar refractivity (Wildman–Crippen MR) is 103 cm³/mol. The third kappa shape index (κ3) is 4.51. The minimum absolute atomic E-state index is 0. The van der Waals surface area contributed by atoms with Crippen molar-refractivity contribution in [2.24, 2.45) is 11.7 Å². The van der Waals surface area contributed by atoms with Crippen LogP contribution < -0.4 is 5.73 Å². The molecule has 2 atom stereocenters. The monoisotopic (exact) mass is 390 g/mol. The number of aryl methyl sites for hydroxylation is 1. The first kappa shape index (κ1) is 21.0. The Bertz CT molecular complexity index is 671. The molecule has 2 aromatic heterocycles. The van der Waals surface area contributed by atoms with Gasteiger partial charge in [-0.15, -0.1) is 36.2 Å². The fraction of sp³-hybridized carbons (Fsp3) is 0.500. The van der Waals surface area contributed by atoms with Gasteiger partial charge in [-0.25, -0.2) is 4.98 Å². The van der Waals surface area contributed by atoms with E-state index < -0.39 is 0 Å². The van der Waals surface area contributed by atoms with Crippen molar-refractivity contribution < 1.29 is 4.79 Å². The number of amides is 1. The van der Waals surface area contributed by atoms with E-state index in [1.807, 2.05) is 36.4 Å². The van der Waals surface area contributed by atoms with Crippen molar-refractivity contribution in [1.29, 1.82) is 0 Å². The van der Waals surface area contributed by atoms with E-state index in [1.165, 1.54) is 0 Å². The summed E-state index contributed by atoms with van der Waals surface area (Å²) in [6, 6.07) is 2.03. The Morgan fingerprint density at radius 3 is 2.88 bits per heavy atom. The Morgan fingerprint density at radius 2 is 2.25 bits per heavy atom. The Kier molecular flexibility index (Phi) is 7.73. The van der Waals surface area contributed by atoms with Crippen LogP contribution in [0.25, 0.3) is 11.3 Å². The number of nitrogens with two attached hydrogens (primary N) is 1. The number of aromatic nitrogens is 2. The highest BCUT2D eigenvalue weighted by Crippen LogP contribution is 2.24. The van der Waals surface area contributed by atoms with Gasteiger partial charge in [0.25, 0.3) is 5.91 Å². The lowest BCUT2D eigenvalue weighted by Gasteiger charge is -2.34. The lowest BCUT2D eigenvalue weighted by Crippen LogP contribution is -2.45. The number of halogens is 2. The molecule has 0 saturated carbocycles. The van der Waals surface area contributed by atoms with Crippen LogP contribution in [0.4, 0.5) is 0 Å². The van der Waals surface area contributed by atoms with Crippen molar-refractivity contribution in [1.82, 2.24) is 14.9 Å². The number of carbonyl (C=O) groups excluding carboxylic acids is 1. The smallest absolute Gasteiger partial charge is 0.270 e. The molecule has 3 rings (SSSR count). The number of likely N-dealkylation sites (tertiary alicyclic amines) is 1. The van der Waals surface area contributed by atoms with Gasteiger partial charge in [0.05, 0.1) is 10.7 Å². The van der Waals surface area contributed by atoms with Crippen LogP contribution in [-0.2, 0) is 0 Å². The molecule has 24 heavy (non-hydrogen) atoms. The molecule has 0 bridgehead atoms. The lowest BCUT2D eigenvalue weighted by atomic mass is 9.92. The predicted octanol–water partition coefficient (Wildman–Crippen LogP) is 3.49. The lowest BCUT2D eigenvalue weighted by molar-refractivity contribution is 0.0655. The zero-order chi connectivity index (χ0) is 15.7. The van der Waals surface area contributed by atoms with E-state index in [1.54, 1.807) is 11.3 Å². The van der Waals surface area contributed by atoms with Gasteiger partial charge in [-0.05, 0) is 38.7 Å². The molecule has 1 aliphatic heterocycles. The van der Waals surface area contributed by atoms with Gasteiger partial charge >= 0.3 is 0 Å². The van der Waals surface area contributed by atoms with E-state index >= 15 is 0 Å². The summed E-state index contributed by atoms with van der Waals surface area (Å²) >= 11 is 1.61. The number of aromatic amines is 1. The normalized spacial score (nSPS) is 18.5. The first-order valence-corrected chi connectivity index (χ1v) is 8.58. The Hall–Kier alpha value is -1.08. The number of rotatable bonds is 3. The van der Waals surface area contributed by atoms with E-state index in [0.717, 1.165) is 42.2 Å². The second kappa shape index (κ2) is 8.85. The largest absolute Gasteiger partial charge is 0.357 e. The molecule has 3 heterocycles. The fourth-order valence-corrected chi connectivity index (χ4v) is 3.58. The van der Waals surface area contributed by atoms with Crippen LogP contribution >= 0.6 is 36.2 Å². The first-order chi connectivity index (χ1) is 10.5. The van der Waals surface area contributed by atoms with Crippen molar-refractivity contribution in [3.05, 3.63) is 28.3 Å². The van der Waals surface area contributed by atoms with Crippen LogP contribution in [0.5, 0.6) is 0 Å². The molecule has 3 N–H and O–H groups in total. The van der Waals surface area contributed by atoms with Gasteiger partial charge in [-0.3, -0.25) is 4.79 Å². The molecule has 5 nitrogen and oxygen atoms in total. The van der Waals surface area contributed by atoms with Gasteiger partial charge in [0.2, 0.25) is 0 Å². The van der Waals surface area contributed by atoms with Gasteiger partial charge < -0.3 is 15.6 Å². The Balaban J connectivity index is 0.00000144. The number of hydrogen-bond acceptors (Lipinski definition) is 4. The third-order valence-corrected chi connectivity index (χ3v) is 5.09. The molecule has 1 fully saturated rings. The summed E-state index contributed by atoms with van der Waals surface area (Å²) in [7, 11) is 0. The van der Waals surface area contributed by atoms with Crippen LogP contribution in [0, 0.1) is 12.8 Å². The highest BCUT2D eigenvalue weighted by molar-refractivity contribution is 7.09. The highest BCUT2D eigenvalue weighted by atomic mass is 35.5. The van der Waals surface area contributed by atoms with Crippen molar-refractivity contribution in [2.75, 3.05) is 13.1 Å². The van der Waals surface area contributed by atoms with Crippen molar-refractivity contribution >= 4 is 42.1 Å². The quantitative estimate of drug-likeness (QED) is 0.841. The molecule has 2 unspecified atom stereocenters. The van der Waals surface area contributed by atoms with Gasteiger partial charge in [-0.1, -0.05) is 0 Å². The van der Waals surface area contributed by atoms with Crippen molar-refractivity contribution in [2.45, 2.75) is 32.7 Å². The third-order valence-electron chi connectivity index (χ3n) is 4.32. The van der Waals surface area contributed by atoms with Gasteiger partial charge in [0.15, 0.2) is 0 Å². The first-order valence-electron chi connectivity index (χ1n) is 7.70. The molecular formula is C16H24Cl2N4OS. The second-order valence-corrected chi connectivity index (χ2v) is 7.13. The molecule has 2 aromatic rings. The van der Waals surface area contributed by atoms with E-state index in [-0.39, 0.29) is 36.8 Å². The summed E-state index contributed by atoms with van der Waals surface area (Å²) in [4.78, 5) is 22.1. The summed E-state index contributed by atoms with van der Waals surface area (Å²) in [5.74, 6) is 0.455. The summed E-state index contributed by atoms with van der Waals surface area (Å²) in [5.41, 5.74) is 8.52. The maximum atomic E-state index is 12.7. The van der Waals surface area contributed by atoms with Gasteiger partial charge in [0.1, 0.15) is 5.69 Å². The molecule has 8 heteroatoms. The number of carbonyl (C=O) groups is 1. The summed E-state index contributed by atoms with van der Waals surface area (Å²) in [5, 5.41) is 3.04. The second-order valence-electron chi connectivity index (χ2n) is 6.07. The average Bonchev–Trinajstić information content (AvgIpc) is 3.15. The maximum Gasteiger partial charge on any atom is 0.270 e. The number of piperidine rings is 1. The fourth-order valence-electron chi connectivity index (χ4n) is 2.96. The zero-order valence-corrected chi connectivity index (χ0v) is 16.3. The number of hydrogen-bond donors (Lipinski definition) is 2. The molecule has 0 aliphatic carbocycles. The zero-order valence-electron chi connectivity index (χ0n) is 13.8. The summed E-state index contributed by atoms with van der Waals surface area (Å²) < 4.78 is 0. The number of thiazole rings is 1. The molecule has 0 aromatic carbocycles. The van der Waals surface area contributed by atoms with Crippen LogP contribution in [-0.4, -0.2) is 39.9 Å². The summed E-state index contributed by atoms with van der Waals surface area (Å²) in [6.07, 6.45) is 3.99. The minimum Gasteiger partial charge on any atom is -0.357 e. The van der Waals surface area contributed by atoms with Crippen LogP contribution in [0.15, 0.2) is 17.6 Å². The van der Waals surface area contributed by atoms with Crippen LogP contribution in [0.1, 0.15) is 35.3 Å². The Labute approximate surface area is 158 Å². The molecular weight excluding hydrogens is 367 g/mol. The number of nitrogens with zero attached hydrogens (tertiary/aromatic N) is 2. The van der Waals surface area contributed by atoms with E-state index in [9.17, 15) is 4.79 Å². The SMILES string of the molecule is Cc1nc(-c2c[nH]c(C(=O)N3CCCC(C(C)N)C3)c2)cs1.Cl.Cl. The molecule has 134 valence electrons. The molecule has 1 saturated heterocycles. The molecule has 1 aliphatic rings. The van der Waals surface area contributed by atoms with Gasteiger partial charge in [-0.2, -0.15) is 0 Å². The standard InChI is InChI=1S/C16H22N4OS.2ClH/c1-10(17)12-4-3-5-20(8-12)16(21)14-6-13(7-18-14)15-9-22-11(2)19-15;;/h6-7,9-10,12,18H,3-5,8,17H2,1-2H3;2*1H. The highest BCUT2D eigenvalue weighted by Gasteiger charge is 2.27. The maximum absolute atomic E-state index is 12.7. The van der Waals surface area contributed by atoms with Gasteiger partial charge in [0, 0.05) is 36.3 Å². The van der Waals surface area contributed by atoms with E-state index in [4.69, 9.17) is 5.73 Å². The minimum atomic E-state index is 0. The molecule has 0 radical (unpaired) electrons. The van der Waals surface area contributed by atoms with E-state index in [0.29, 0.717) is 11.6 Å². The van der Waals surface area contributed by atoms with Crippen molar-refractivity contribution in [3.8, 4) is 11.3 Å². The topological polar surface area (TPSA) is 75.0 Å². The van der Waals surface area contributed by atoms with Crippen LogP contribution in [0.2, 0.25) is 0 Å². The number of nitrogens with one attached hydrogen (secondary N) is 1. The average molecular weight is 391 g/mol.